The summed E-state index contributed by atoms with van der Waals surface area (Å²) in [6.07, 6.45) is -0.833. The van der Waals surface area contributed by atoms with E-state index >= 15 is 0 Å². The number of halogens is 3. The van der Waals surface area contributed by atoms with Gasteiger partial charge in [0.2, 0.25) is 0 Å². The number of aryl methyl sites for hydroxylation is 1. The van der Waals surface area contributed by atoms with Crippen molar-refractivity contribution in [2.45, 2.75) is 46.0 Å². The van der Waals surface area contributed by atoms with Gasteiger partial charge >= 0.3 is 6.18 Å². The molecule has 0 aliphatic carbocycles. The summed E-state index contributed by atoms with van der Waals surface area (Å²) in [5.41, 5.74) is 1.23. The van der Waals surface area contributed by atoms with Gasteiger partial charge in [-0.15, -0.1) is 0 Å². The summed E-state index contributed by atoms with van der Waals surface area (Å²) in [4.78, 5) is 31.9. The Labute approximate surface area is 182 Å². The number of hydrogen-bond acceptors (Lipinski definition) is 3. The van der Waals surface area contributed by atoms with Crippen LogP contribution in [-0.2, 0) is 19.1 Å². The Morgan fingerprint density at radius 1 is 1.12 bits per heavy atom. The third-order valence-electron chi connectivity index (χ3n) is 5.98. The molecule has 0 N–H and O–H groups in total. The molecule has 0 spiro atoms. The predicted molar refractivity (Wildman–Crippen MR) is 113 cm³/mol. The van der Waals surface area contributed by atoms with Crippen LogP contribution in [0.1, 0.15) is 39.8 Å². The fourth-order valence-corrected chi connectivity index (χ4v) is 4.22. The van der Waals surface area contributed by atoms with Crippen molar-refractivity contribution in [2.75, 3.05) is 6.54 Å². The van der Waals surface area contributed by atoms with Crippen LogP contribution < -0.4 is 5.56 Å². The summed E-state index contributed by atoms with van der Waals surface area (Å²) in [5, 5.41) is 0. The molecule has 1 atom stereocenters. The van der Waals surface area contributed by atoms with E-state index in [-0.39, 0.29) is 35.3 Å². The van der Waals surface area contributed by atoms with E-state index in [0.717, 1.165) is 11.8 Å². The molecule has 0 saturated heterocycles. The Morgan fingerprint density at radius 3 is 2.53 bits per heavy atom. The smallest absolute Gasteiger partial charge is 0.333 e. The first-order valence-electron chi connectivity index (χ1n) is 10.3. The number of aromatic nitrogens is 3. The van der Waals surface area contributed by atoms with Crippen molar-refractivity contribution in [3.63, 3.8) is 0 Å². The normalized spacial score (nSPS) is 16.4. The van der Waals surface area contributed by atoms with Gasteiger partial charge in [-0.1, -0.05) is 12.1 Å². The standard InChI is InChI=1S/C23H23F3N4O2/c1-14-11-28(13-27-14)19-7-8-20-22(32)29(15(2)12-30(20)21(19)31)10-9-17-5-4-6-18(16(17)3)23(24,25)26/h4-8,11,13,15H,9-10,12H2,1-3H3/t15-/m1/s1. The third-order valence-corrected chi connectivity index (χ3v) is 5.98. The second-order valence-corrected chi connectivity index (χ2v) is 8.13. The highest BCUT2D eigenvalue weighted by molar-refractivity contribution is 5.93. The van der Waals surface area contributed by atoms with Crippen LogP contribution in [0.5, 0.6) is 0 Å². The van der Waals surface area contributed by atoms with Crippen molar-refractivity contribution in [1.82, 2.24) is 19.0 Å². The lowest BCUT2D eigenvalue weighted by Crippen LogP contribution is -2.50. The maximum atomic E-state index is 13.2. The number of alkyl halides is 3. The molecule has 4 rings (SSSR count). The number of carbonyl (C=O) groups excluding carboxylic acids is 1. The van der Waals surface area contributed by atoms with Gasteiger partial charge in [-0.05, 0) is 56.5 Å². The lowest BCUT2D eigenvalue weighted by Gasteiger charge is -2.35. The first-order valence-corrected chi connectivity index (χ1v) is 10.3. The number of amides is 1. The first-order chi connectivity index (χ1) is 15.1. The van der Waals surface area contributed by atoms with Gasteiger partial charge < -0.3 is 14.0 Å². The van der Waals surface area contributed by atoms with E-state index in [2.05, 4.69) is 4.98 Å². The van der Waals surface area contributed by atoms with Crippen LogP contribution in [0.2, 0.25) is 0 Å². The SMILES string of the molecule is Cc1cn(-c2ccc3n(c2=O)C[C@@H](C)N(CCc2cccc(C(F)(F)F)c2C)C3=O)cn1. The second-order valence-electron chi connectivity index (χ2n) is 8.13. The van der Waals surface area contributed by atoms with E-state index in [0.29, 0.717) is 24.2 Å². The number of pyridine rings is 1. The summed E-state index contributed by atoms with van der Waals surface area (Å²) in [6.45, 7) is 5.68. The van der Waals surface area contributed by atoms with E-state index in [1.54, 1.807) is 40.2 Å². The average Bonchev–Trinajstić information content (AvgIpc) is 3.15. The van der Waals surface area contributed by atoms with Gasteiger partial charge in [-0.3, -0.25) is 9.59 Å². The molecule has 1 aliphatic rings. The predicted octanol–water partition coefficient (Wildman–Crippen LogP) is 3.76. The van der Waals surface area contributed by atoms with Gasteiger partial charge in [0.15, 0.2) is 0 Å². The van der Waals surface area contributed by atoms with Gasteiger partial charge in [0, 0.05) is 25.3 Å². The number of benzene rings is 1. The van der Waals surface area contributed by atoms with Crippen LogP contribution in [-0.4, -0.2) is 37.5 Å². The number of fused-ring (bicyclic) bond motifs is 1. The molecule has 3 heterocycles. The third kappa shape index (κ3) is 3.83. The van der Waals surface area contributed by atoms with Crippen LogP contribution in [0.15, 0.2) is 47.7 Å². The molecule has 32 heavy (non-hydrogen) atoms. The highest BCUT2D eigenvalue weighted by Gasteiger charge is 2.34. The van der Waals surface area contributed by atoms with Crippen molar-refractivity contribution in [1.29, 1.82) is 0 Å². The summed E-state index contributed by atoms with van der Waals surface area (Å²) >= 11 is 0. The minimum atomic E-state index is -4.42. The Morgan fingerprint density at radius 2 is 1.88 bits per heavy atom. The van der Waals surface area contributed by atoms with Crippen molar-refractivity contribution >= 4 is 5.91 Å². The maximum Gasteiger partial charge on any atom is 0.416 e. The summed E-state index contributed by atoms with van der Waals surface area (Å²) in [7, 11) is 0. The van der Waals surface area contributed by atoms with Crippen LogP contribution in [0, 0.1) is 13.8 Å². The van der Waals surface area contributed by atoms with Crippen LogP contribution in [0.4, 0.5) is 13.2 Å². The molecule has 0 fully saturated rings. The second kappa shape index (κ2) is 7.96. The van der Waals surface area contributed by atoms with Crippen LogP contribution >= 0.6 is 0 Å². The van der Waals surface area contributed by atoms with E-state index in [4.69, 9.17) is 0 Å². The Bertz CT molecular complexity index is 1240. The molecule has 0 saturated carbocycles. The zero-order valence-corrected chi connectivity index (χ0v) is 18.0. The Balaban J connectivity index is 1.59. The minimum absolute atomic E-state index is 0.175. The van der Waals surface area contributed by atoms with E-state index in [9.17, 15) is 22.8 Å². The zero-order chi connectivity index (χ0) is 23.2. The van der Waals surface area contributed by atoms with E-state index in [1.165, 1.54) is 17.6 Å². The molecule has 3 aromatic rings. The van der Waals surface area contributed by atoms with E-state index in [1.807, 2.05) is 13.8 Å². The first kappa shape index (κ1) is 21.9. The molecule has 6 nitrogen and oxygen atoms in total. The number of imidazole rings is 1. The van der Waals surface area contributed by atoms with Gasteiger partial charge in [-0.2, -0.15) is 13.2 Å². The van der Waals surface area contributed by atoms with Gasteiger partial charge in [0.05, 0.1) is 17.6 Å². The van der Waals surface area contributed by atoms with Gasteiger partial charge in [0.25, 0.3) is 11.5 Å². The Kier molecular flexibility index (Phi) is 5.44. The molecule has 9 heteroatoms. The summed E-state index contributed by atoms with van der Waals surface area (Å²) in [5.74, 6) is -0.307. The highest BCUT2D eigenvalue weighted by Crippen LogP contribution is 2.33. The topological polar surface area (TPSA) is 60.1 Å². The largest absolute Gasteiger partial charge is 0.416 e. The average molecular weight is 444 g/mol. The molecule has 2 aromatic heterocycles. The lowest BCUT2D eigenvalue weighted by atomic mass is 9.99. The molecular formula is C23H23F3N4O2. The number of rotatable bonds is 4. The molecule has 1 amide bonds. The van der Waals surface area contributed by atoms with Crippen molar-refractivity contribution in [3.05, 3.63) is 81.3 Å². The van der Waals surface area contributed by atoms with Crippen LogP contribution in [0.25, 0.3) is 5.69 Å². The maximum absolute atomic E-state index is 13.2. The molecular weight excluding hydrogens is 421 g/mol. The van der Waals surface area contributed by atoms with Crippen LogP contribution in [0.3, 0.4) is 0 Å². The minimum Gasteiger partial charge on any atom is -0.333 e. The summed E-state index contributed by atoms with van der Waals surface area (Å²) < 4.78 is 42.7. The van der Waals surface area contributed by atoms with Crippen molar-refractivity contribution in [3.8, 4) is 5.69 Å². The highest BCUT2D eigenvalue weighted by atomic mass is 19.4. The summed E-state index contributed by atoms with van der Waals surface area (Å²) in [6, 6.07) is 7.04. The quantitative estimate of drug-likeness (QED) is 0.616. The molecule has 1 aromatic carbocycles. The fourth-order valence-electron chi connectivity index (χ4n) is 4.22. The van der Waals surface area contributed by atoms with Gasteiger partial charge in [0.1, 0.15) is 11.4 Å². The molecule has 0 unspecified atom stereocenters. The van der Waals surface area contributed by atoms with Crippen molar-refractivity contribution < 1.29 is 18.0 Å². The number of nitrogens with zero attached hydrogens (tertiary/aromatic N) is 4. The molecule has 1 aliphatic heterocycles. The monoisotopic (exact) mass is 444 g/mol. The molecule has 168 valence electrons. The molecule has 0 bridgehead atoms. The Hall–Kier alpha value is -3.36. The lowest BCUT2D eigenvalue weighted by molar-refractivity contribution is -0.138. The fraction of sp³-hybridized carbons (Fsp3) is 0.348. The van der Waals surface area contributed by atoms with E-state index < -0.39 is 11.7 Å². The number of hydrogen-bond donors (Lipinski definition) is 0. The van der Waals surface area contributed by atoms with Gasteiger partial charge in [-0.25, -0.2) is 4.98 Å². The number of carbonyl (C=O) groups is 1. The molecule has 0 radical (unpaired) electrons. The zero-order valence-electron chi connectivity index (χ0n) is 18.0. The van der Waals surface area contributed by atoms with Crippen molar-refractivity contribution in [2.24, 2.45) is 0 Å².